The lowest BCUT2D eigenvalue weighted by Gasteiger charge is -2.42. The number of aliphatic hydroxyl groups is 1. The number of hydrogen-bond acceptors (Lipinski definition) is 13. The molecule has 1 saturated carbocycles. The fraction of sp³-hybridized carbons (Fsp3) is 0.479. The van der Waals surface area contributed by atoms with Crippen LogP contribution in [0.3, 0.4) is 0 Å². The molecule has 5 aliphatic rings. The van der Waals surface area contributed by atoms with E-state index in [4.69, 9.17) is 9.47 Å². The molecule has 4 amide bonds. The number of benzene rings is 3. The number of fused-ring (bicyclic) bond motifs is 2. The Kier molecular flexibility index (Phi) is 12.2. The Morgan fingerprint density at radius 2 is 1.74 bits per heavy atom. The summed E-state index contributed by atoms with van der Waals surface area (Å²) in [5.41, 5.74) is -1.46. The monoisotopic (exact) mass is 982 g/mol. The minimum absolute atomic E-state index is 0.0388. The Morgan fingerprint density at radius 3 is 2.47 bits per heavy atom. The second-order valence-electron chi connectivity index (χ2n) is 19.2. The number of aryl methyl sites for hydroxylation is 1. The molecule has 2 aromatic heterocycles. The zero-order chi connectivity index (χ0) is 49.1. The summed E-state index contributed by atoms with van der Waals surface area (Å²) < 4.78 is 75.2. The number of anilines is 3. The zero-order valence-electron chi connectivity index (χ0n) is 38.5. The molecule has 3 N–H and O–H groups in total. The molecule has 5 aromatic rings. The molecule has 4 saturated heterocycles. The number of nitrogens with one attached hydrogen (secondary N) is 2. The van der Waals surface area contributed by atoms with E-state index in [9.17, 15) is 38.0 Å². The van der Waals surface area contributed by atoms with Gasteiger partial charge < -0.3 is 24.4 Å². The second kappa shape index (κ2) is 18.2. The molecule has 10 rings (SSSR count). The zero-order valence-corrected chi connectivity index (χ0v) is 39.3. The number of imide groups is 1. The van der Waals surface area contributed by atoms with E-state index in [-0.39, 0.29) is 90.5 Å². The summed E-state index contributed by atoms with van der Waals surface area (Å²) in [6, 6.07) is 10.5. The standard InChI is InChI=1S/C48H52F2N10O9S/c1-56-39-23-40(36(50)22-33(39)44(54-56)59-16-11-41(61)53-46(59)64)57-17-12-47(65,13-18-57)25-42(62)58-19-14-48(15-20-58)24-29(27-68-48)60-28-52-37-9-7-30(21-32(37)45(60)63)69-43-34(26-51)38(10-8-35(43)49)55-70(66,67)31-5-3-2-4-6-31/h7-10,21-23,28-29,31,55,65H,2-6,11-20,24-25,27H2,1H3,(H,53,61,64)/t29-/m1/s1. The number of carbonyl (C=O) groups is 3. The molecular formula is C48H52F2N10O9S. The molecule has 6 heterocycles. The number of likely N-dealkylation sites (tertiary alicyclic amines) is 1. The van der Waals surface area contributed by atoms with Gasteiger partial charge in [-0.15, -0.1) is 0 Å². The van der Waals surface area contributed by atoms with Gasteiger partial charge in [0, 0.05) is 51.6 Å². The maximum Gasteiger partial charge on any atom is 0.329 e. The molecular weight excluding hydrogens is 931 g/mol. The molecule has 0 unspecified atom stereocenters. The Balaban J connectivity index is 0.755. The lowest BCUT2D eigenvalue weighted by Crippen LogP contribution is -2.51. The number of nitrogens with zero attached hydrogens (tertiary/aromatic N) is 8. The molecule has 1 aliphatic carbocycles. The number of carbonyl (C=O) groups excluding carboxylic acids is 3. The Bertz CT molecular complexity index is 3150. The summed E-state index contributed by atoms with van der Waals surface area (Å²) in [7, 11) is -2.17. The highest BCUT2D eigenvalue weighted by Gasteiger charge is 2.45. The highest BCUT2D eigenvalue weighted by molar-refractivity contribution is 7.93. The minimum Gasteiger partial charge on any atom is -0.453 e. The van der Waals surface area contributed by atoms with Crippen LogP contribution in [-0.4, -0.2) is 111 Å². The van der Waals surface area contributed by atoms with Crippen molar-refractivity contribution in [2.24, 2.45) is 7.05 Å². The first-order valence-electron chi connectivity index (χ1n) is 23.6. The number of aromatic nitrogens is 4. The number of nitriles is 1. The molecule has 70 heavy (non-hydrogen) atoms. The molecule has 1 spiro atoms. The van der Waals surface area contributed by atoms with Crippen LogP contribution in [0.25, 0.3) is 21.8 Å². The van der Waals surface area contributed by atoms with Crippen molar-refractivity contribution in [2.75, 3.05) is 53.9 Å². The van der Waals surface area contributed by atoms with Gasteiger partial charge in [0.25, 0.3) is 5.56 Å². The molecule has 0 bridgehead atoms. The fourth-order valence-corrected chi connectivity index (χ4v) is 12.3. The van der Waals surface area contributed by atoms with E-state index in [1.54, 1.807) is 28.8 Å². The van der Waals surface area contributed by atoms with Crippen LogP contribution in [-0.2, 0) is 31.4 Å². The van der Waals surface area contributed by atoms with Gasteiger partial charge in [0.15, 0.2) is 17.4 Å². The van der Waals surface area contributed by atoms with E-state index in [2.05, 4.69) is 20.1 Å². The quantitative estimate of drug-likeness (QED) is 0.157. The first-order chi connectivity index (χ1) is 33.5. The van der Waals surface area contributed by atoms with Crippen LogP contribution in [0.2, 0.25) is 0 Å². The van der Waals surface area contributed by atoms with E-state index in [0.29, 0.717) is 80.4 Å². The number of piperidine rings is 2. The summed E-state index contributed by atoms with van der Waals surface area (Å²) in [6.45, 7) is 1.71. The van der Waals surface area contributed by atoms with Crippen molar-refractivity contribution in [2.45, 2.75) is 99.5 Å². The number of ether oxygens (including phenoxy) is 2. The van der Waals surface area contributed by atoms with E-state index in [1.165, 1.54) is 40.1 Å². The van der Waals surface area contributed by atoms with Crippen LogP contribution in [0.4, 0.5) is 30.8 Å². The van der Waals surface area contributed by atoms with Crippen molar-refractivity contribution in [1.82, 2.24) is 29.5 Å². The van der Waals surface area contributed by atoms with Gasteiger partial charge in [-0.2, -0.15) is 10.4 Å². The Morgan fingerprint density at radius 1 is 0.986 bits per heavy atom. The first kappa shape index (κ1) is 47.0. The lowest BCUT2D eigenvalue weighted by atomic mass is 9.85. The summed E-state index contributed by atoms with van der Waals surface area (Å²) in [5.74, 6) is -2.19. The van der Waals surface area contributed by atoms with E-state index < -0.39 is 49.9 Å². The number of halogens is 2. The topological polar surface area (TPSA) is 234 Å². The molecule has 19 nitrogen and oxygen atoms in total. The molecule has 3 aromatic carbocycles. The number of sulfonamides is 1. The van der Waals surface area contributed by atoms with Gasteiger partial charge in [0.2, 0.25) is 21.8 Å². The Labute approximate surface area is 401 Å². The molecule has 1 atom stereocenters. The largest absolute Gasteiger partial charge is 0.453 e. The highest BCUT2D eigenvalue weighted by atomic mass is 32.2. The maximum atomic E-state index is 15.8. The summed E-state index contributed by atoms with van der Waals surface area (Å²) >= 11 is 0. The van der Waals surface area contributed by atoms with Gasteiger partial charge >= 0.3 is 6.03 Å². The van der Waals surface area contributed by atoms with Crippen molar-refractivity contribution in [3.05, 3.63) is 76.3 Å². The van der Waals surface area contributed by atoms with E-state index in [0.717, 1.165) is 25.3 Å². The van der Waals surface area contributed by atoms with Crippen molar-refractivity contribution >= 4 is 66.9 Å². The number of urea groups is 1. The molecule has 4 aliphatic heterocycles. The molecule has 5 fully saturated rings. The van der Waals surface area contributed by atoms with Crippen LogP contribution >= 0.6 is 0 Å². The first-order valence-corrected chi connectivity index (χ1v) is 25.2. The maximum absolute atomic E-state index is 15.8. The van der Waals surface area contributed by atoms with E-state index >= 15 is 8.78 Å². The van der Waals surface area contributed by atoms with Crippen LogP contribution < -0.4 is 30.1 Å². The van der Waals surface area contributed by atoms with Crippen LogP contribution in [0.1, 0.15) is 88.7 Å². The molecule has 22 heteroatoms. The summed E-state index contributed by atoms with van der Waals surface area (Å²) in [6.07, 6.45) is 6.92. The normalized spacial score (nSPS) is 20.8. The van der Waals surface area contributed by atoms with Crippen molar-refractivity contribution in [3.63, 3.8) is 0 Å². The van der Waals surface area contributed by atoms with Crippen molar-refractivity contribution < 1.29 is 46.2 Å². The van der Waals surface area contributed by atoms with Crippen LogP contribution in [0, 0.1) is 23.0 Å². The van der Waals surface area contributed by atoms with Crippen molar-refractivity contribution in [1.29, 1.82) is 5.26 Å². The van der Waals surface area contributed by atoms with Gasteiger partial charge in [-0.1, -0.05) is 19.3 Å². The number of hydrogen-bond donors (Lipinski definition) is 3. The van der Waals surface area contributed by atoms with Gasteiger partial charge in [-0.3, -0.25) is 38.6 Å². The predicted molar refractivity (Wildman–Crippen MR) is 252 cm³/mol. The predicted octanol–water partition coefficient (Wildman–Crippen LogP) is 5.49. The third-order valence-corrected chi connectivity index (χ3v) is 16.6. The SMILES string of the molecule is Cn1nc(N2CCC(=O)NC2=O)c2cc(F)c(N3CCC(O)(CC(=O)N4CCC5(CC4)C[C@@H](n4cnc6ccc(Oc7c(F)ccc(NS(=O)(=O)C8CCCCC8)c7C#N)cc6c4=O)CO5)CC3)cc21. The second-order valence-corrected chi connectivity index (χ2v) is 21.2. The average Bonchev–Trinajstić information content (AvgIpc) is 3.89. The van der Waals surface area contributed by atoms with Crippen LogP contribution in [0.5, 0.6) is 11.5 Å². The minimum atomic E-state index is -3.86. The smallest absolute Gasteiger partial charge is 0.329 e. The number of rotatable bonds is 10. The third-order valence-electron chi connectivity index (χ3n) is 14.8. The van der Waals surface area contributed by atoms with E-state index in [1.807, 2.05) is 11.0 Å². The van der Waals surface area contributed by atoms with Gasteiger partial charge in [-0.05, 0) is 87.4 Å². The number of amides is 4. The summed E-state index contributed by atoms with van der Waals surface area (Å²) in [4.78, 5) is 61.3. The van der Waals surface area contributed by atoms with Crippen LogP contribution in [0.15, 0.2) is 53.6 Å². The Hall–Kier alpha value is -6.70. The highest BCUT2D eigenvalue weighted by Crippen LogP contribution is 2.42. The lowest BCUT2D eigenvalue weighted by molar-refractivity contribution is -0.142. The molecule has 368 valence electrons. The fourth-order valence-electron chi connectivity index (χ4n) is 10.7. The van der Waals surface area contributed by atoms with Gasteiger partial charge in [-0.25, -0.2) is 27.0 Å². The van der Waals surface area contributed by atoms with Crippen molar-refractivity contribution in [3.8, 4) is 17.6 Å². The average molecular weight is 983 g/mol. The molecule has 0 radical (unpaired) electrons. The summed E-state index contributed by atoms with van der Waals surface area (Å²) in [5, 5.41) is 28.4. The van der Waals surface area contributed by atoms with Gasteiger partial charge in [0.05, 0.1) is 69.6 Å². The third kappa shape index (κ3) is 8.89. The van der Waals surface area contributed by atoms with Gasteiger partial charge in [0.1, 0.15) is 23.2 Å².